The number of rotatable bonds is 5. The maximum atomic E-state index is 13.0. The number of anilines is 1. The lowest BCUT2D eigenvalue weighted by Crippen LogP contribution is -2.43. The number of halogens is 2. The van der Waals surface area contributed by atoms with Crippen LogP contribution in [0.4, 0.5) is 5.69 Å². The highest BCUT2D eigenvalue weighted by molar-refractivity contribution is 9.10. The molecule has 0 saturated carbocycles. The summed E-state index contributed by atoms with van der Waals surface area (Å²) in [4.78, 5) is 12.7. The number of methoxy groups -OCH3 is 1. The summed E-state index contributed by atoms with van der Waals surface area (Å²) in [5.74, 6) is -0.201. The van der Waals surface area contributed by atoms with Crippen LogP contribution in [-0.2, 0) is 14.8 Å². The van der Waals surface area contributed by atoms with Gasteiger partial charge < -0.3 is 10.1 Å². The van der Waals surface area contributed by atoms with Gasteiger partial charge in [0.15, 0.2) is 0 Å². The van der Waals surface area contributed by atoms with Crippen molar-refractivity contribution in [2.75, 3.05) is 25.5 Å². The fourth-order valence-electron chi connectivity index (χ4n) is 3.14. The van der Waals surface area contributed by atoms with Crippen LogP contribution in [0.5, 0.6) is 5.75 Å². The number of nitrogens with one attached hydrogen (secondary N) is 1. The zero-order valence-corrected chi connectivity index (χ0v) is 18.4. The van der Waals surface area contributed by atoms with Crippen LogP contribution in [0, 0.1) is 5.92 Å². The van der Waals surface area contributed by atoms with Crippen molar-refractivity contribution in [3.63, 3.8) is 0 Å². The molecule has 0 bridgehead atoms. The maximum Gasteiger partial charge on any atom is 0.243 e. The lowest BCUT2D eigenvalue weighted by Gasteiger charge is -2.31. The molecule has 28 heavy (non-hydrogen) atoms. The molecule has 0 spiro atoms. The first-order valence-electron chi connectivity index (χ1n) is 8.71. The number of piperidine rings is 1. The van der Waals surface area contributed by atoms with E-state index in [1.165, 1.54) is 29.6 Å². The largest absolute Gasteiger partial charge is 0.495 e. The number of hydrogen-bond acceptors (Lipinski definition) is 4. The van der Waals surface area contributed by atoms with Crippen molar-refractivity contribution < 1.29 is 17.9 Å². The molecule has 0 unspecified atom stereocenters. The minimum absolute atomic E-state index is 0.0892. The number of amides is 1. The molecule has 2 aromatic carbocycles. The molecule has 3 rings (SSSR count). The highest BCUT2D eigenvalue weighted by atomic mass is 79.9. The molecule has 1 aliphatic rings. The first-order valence-corrected chi connectivity index (χ1v) is 11.3. The highest BCUT2D eigenvalue weighted by Gasteiger charge is 2.33. The molecular weight excluding hydrogens is 468 g/mol. The van der Waals surface area contributed by atoms with Crippen LogP contribution in [0.1, 0.15) is 12.8 Å². The summed E-state index contributed by atoms with van der Waals surface area (Å²) < 4.78 is 33.3. The Bertz CT molecular complexity index is 984. The smallest absolute Gasteiger partial charge is 0.243 e. The Morgan fingerprint density at radius 3 is 2.75 bits per heavy atom. The lowest BCUT2D eigenvalue weighted by atomic mass is 9.99. The molecule has 1 saturated heterocycles. The Kier molecular flexibility index (Phi) is 6.65. The molecule has 9 heteroatoms. The van der Waals surface area contributed by atoms with Gasteiger partial charge in [0.1, 0.15) is 5.75 Å². The predicted octanol–water partition coefficient (Wildman–Crippen LogP) is 4.15. The van der Waals surface area contributed by atoms with E-state index in [0.29, 0.717) is 30.8 Å². The third-order valence-corrected chi connectivity index (χ3v) is 7.26. The first-order chi connectivity index (χ1) is 13.3. The summed E-state index contributed by atoms with van der Waals surface area (Å²) in [5, 5.41) is 3.09. The van der Waals surface area contributed by atoms with Crippen LogP contribution in [0.25, 0.3) is 0 Å². The molecular formula is C19H20BrClN2O4S. The van der Waals surface area contributed by atoms with E-state index in [1.807, 2.05) is 12.1 Å². The summed E-state index contributed by atoms with van der Waals surface area (Å²) in [5.41, 5.74) is 0.668. The standard InChI is InChI=1S/C19H20BrClN2O4S/c1-27-18-8-7-16(11-17(18)21)28(25,26)23-9-3-4-13(12-23)19(24)22-15-6-2-5-14(20)10-15/h2,5-8,10-11,13H,3-4,9,12H2,1H3,(H,22,24)/t13-/m1/s1. The molecule has 1 amide bonds. The third-order valence-electron chi connectivity index (χ3n) is 4.61. The number of carbonyl (C=O) groups is 1. The molecule has 0 radical (unpaired) electrons. The van der Waals surface area contributed by atoms with Gasteiger partial charge >= 0.3 is 0 Å². The van der Waals surface area contributed by atoms with E-state index in [9.17, 15) is 13.2 Å². The summed E-state index contributed by atoms with van der Waals surface area (Å²) >= 11 is 9.45. The Morgan fingerprint density at radius 1 is 1.29 bits per heavy atom. The second-order valence-corrected chi connectivity index (χ2v) is 9.76. The quantitative estimate of drug-likeness (QED) is 0.687. The zero-order chi connectivity index (χ0) is 20.3. The second-order valence-electron chi connectivity index (χ2n) is 6.50. The van der Waals surface area contributed by atoms with E-state index < -0.39 is 15.9 Å². The van der Waals surface area contributed by atoms with Crippen molar-refractivity contribution in [3.05, 3.63) is 52.0 Å². The van der Waals surface area contributed by atoms with Crippen molar-refractivity contribution in [3.8, 4) is 5.75 Å². The van der Waals surface area contributed by atoms with Gasteiger partial charge in [0.05, 0.1) is 22.9 Å². The van der Waals surface area contributed by atoms with Gasteiger partial charge in [-0.3, -0.25) is 4.79 Å². The predicted molar refractivity (Wildman–Crippen MR) is 112 cm³/mol. The highest BCUT2D eigenvalue weighted by Crippen LogP contribution is 2.30. The average molecular weight is 488 g/mol. The minimum atomic E-state index is -3.75. The molecule has 0 aliphatic carbocycles. The molecule has 150 valence electrons. The van der Waals surface area contributed by atoms with Crippen LogP contribution in [0.2, 0.25) is 5.02 Å². The van der Waals surface area contributed by atoms with Crippen LogP contribution in [0.15, 0.2) is 51.8 Å². The van der Waals surface area contributed by atoms with E-state index >= 15 is 0 Å². The molecule has 2 aromatic rings. The lowest BCUT2D eigenvalue weighted by molar-refractivity contribution is -0.120. The summed E-state index contributed by atoms with van der Waals surface area (Å²) in [6.45, 7) is 0.498. The van der Waals surface area contributed by atoms with Gasteiger partial charge in [0, 0.05) is 23.2 Å². The van der Waals surface area contributed by atoms with E-state index in [2.05, 4.69) is 21.2 Å². The fourth-order valence-corrected chi connectivity index (χ4v) is 5.41. The summed E-state index contributed by atoms with van der Waals surface area (Å²) in [7, 11) is -2.28. The van der Waals surface area contributed by atoms with Gasteiger partial charge in [-0.1, -0.05) is 33.6 Å². The molecule has 1 aliphatic heterocycles. The van der Waals surface area contributed by atoms with Gasteiger partial charge in [0.25, 0.3) is 0 Å². The molecule has 1 N–H and O–H groups in total. The Labute approximate surface area is 178 Å². The van der Waals surface area contributed by atoms with E-state index in [-0.39, 0.29) is 22.4 Å². The van der Waals surface area contributed by atoms with Crippen molar-refractivity contribution in [2.45, 2.75) is 17.7 Å². The first kappa shape index (κ1) is 21.1. The average Bonchev–Trinajstić information content (AvgIpc) is 2.68. The maximum absolute atomic E-state index is 13.0. The molecule has 1 fully saturated rings. The summed E-state index contributed by atoms with van der Waals surface area (Å²) in [6, 6.07) is 11.6. The number of benzene rings is 2. The molecule has 1 atom stereocenters. The van der Waals surface area contributed by atoms with Gasteiger partial charge in [-0.2, -0.15) is 4.31 Å². The van der Waals surface area contributed by atoms with Crippen molar-refractivity contribution in [1.82, 2.24) is 4.31 Å². The van der Waals surface area contributed by atoms with Gasteiger partial charge in [-0.15, -0.1) is 0 Å². The second kappa shape index (κ2) is 8.82. The topological polar surface area (TPSA) is 75.7 Å². The van der Waals surface area contributed by atoms with Crippen molar-refractivity contribution in [1.29, 1.82) is 0 Å². The molecule has 1 heterocycles. The van der Waals surface area contributed by atoms with E-state index in [0.717, 1.165) is 4.47 Å². The number of sulfonamides is 1. The zero-order valence-electron chi connectivity index (χ0n) is 15.2. The normalized spacial score (nSPS) is 17.9. The van der Waals surface area contributed by atoms with E-state index in [4.69, 9.17) is 16.3 Å². The number of carbonyl (C=O) groups excluding carboxylic acids is 1. The van der Waals surface area contributed by atoms with Crippen LogP contribution in [-0.4, -0.2) is 38.8 Å². The third kappa shape index (κ3) is 4.68. The van der Waals surface area contributed by atoms with Gasteiger partial charge in [-0.05, 0) is 49.2 Å². The number of hydrogen-bond donors (Lipinski definition) is 1. The van der Waals surface area contributed by atoms with Crippen molar-refractivity contribution >= 4 is 49.1 Å². The Hall–Kier alpha value is -1.61. The Morgan fingerprint density at radius 2 is 2.07 bits per heavy atom. The molecule has 0 aromatic heterocycles. The van der Waals surface area contributed by atoms with Crippen molar-refractivity contribution in [2.24, 2.45) is 5.92 Å². The number of nitrogens with zero attached hydrogens (tertiary/aromatic N) is 1. The van der Waals surface area contributed by atoms with Crippen LogP contribution >= 0.6 is 27.5 Å². The SMILES string of the molecule is COc1ccc(S(=O)(=O)N2CCC[C@@H](C(=O)Nc3cccc(Br)c3)C2)cc1Cl. The van der Waals surface area contributed by atoms with Crippen LogP contribution in [0.3, 0.4) is 0 Å². The molecule has 6 nitrogen and oxygen atoms in total. The van der Waals surface area contributed by atoms with E-state index in [1.54, 1.807) is 12.1 Å². The Balaban J connectivity index is 1.74. The minimum Gasteiger partial charge on any atom is -0.495 e. The number of ether oxygens (including phenoxy) is 1. The monoisotopic (exact) mass is 486 g/mol. The van der Waals surface area contributed by atoms with Crippen LogP contribution < -0.4 is 10.1 Å². The van der Waals surface area contributed by atoms with Gasteiger partial charge in [-0.25, -0.2) is 8.42 Å². The summed E-state index contributed by atoms with van der Waals surface area (Å²) in [6.07, 6.45) is 1.24. The fraction of sp³-hybridized carbons (Fsp3) is 0.316. The van der Waals surface area contributed by atoms with Gasteiger partial charge in [0.2, 0.25) is 15.9 Å².